The van der Waals surface area contributed by atoms with Crippen LogP contribution in [0, 0.1) is 6.92 Å². The fourth-order valence-corrected chi connectivity index (χ4v) is 5.26. The Morgan fingerprint density at radius 3 is 2.09 bits per heavy atom. The molecule has 0 atom stereocenters. The number of sulfonamides is 1. The van der Waals surface area contributed by atoms with Gasteiger partial charge in [0.1, 0.15) is 12.3 Å². The molecule has 34 heavy (non-hydrogen) atoms. The number of imide groups is 1. The zero-order chi connectivity index (χ0) is 24.6. The molecule has 0 unspecified atom stereocenters. The number of methoxy groups -OCH3 is 1. The summed E-state index contributed by atoms with van der Waals surface area (Å²) in [5.41, 5.74) is 1.07. The number of nitrogens with zero attached hydrogens (tertiary/aromatic N) is 2. The van der Waals surface area contributed by atoms with Crippen LogP contribution in [0.1, 0.15) is 26.3 Å². The van der Waals surface area contributed by atoms with Gasteiger partial charge >= 0.3 is 0 Å². The fraction of sp³-hybridized carbons (Fsp3) is 0.125. The second kappa shape index (κ2) is 8.92. The lowest BCUT2D eigenvalue weighted by Gasteiger charge is -2.25. The molecule has 1 aliphatic heterocycles. The highest BCUT2D eigenvalue weighted by Gasteiger charge is 2.40. The molecule has 4 rings (SSSR count). The van der Waals surface area contributed by atoms with Crippen LogP contribution in [-0.4, -0.2) is 44.7 Å². The molecule has 1 heterocycles. The molecule has 0 radical (unpaired) electrons. The maximum Gasteiger partial charge on any atom is 0.270 e. The zero-order valence-corrected chi connectivity index (χ0v) is 19.8. The minimum Gasteiger partial charge on any atom is -0.495 e. The number of fused-ring (bicyclic) bond motifs is 1. The number of hydrogen-bond donors (Lipinski definition) is 0. The second-order valence-corrected chi connectivity index (χ2v) is 9.73. The van der Waals surface area contributed by atoms with Crippen LogP contribution in [0.25, 0.3) is 0 Å². The van der Waals surface area contributed by atoms with E-state index in [1.54, 1.807) is 31.2 Å². The van der Waals surface area contributed by atoms with Crippen LogP contribution in [0.2, 0.25) is 5.02 Å². The number of carbonyl (C=O) groups excluding carboxylic acids is 3. The molecule has 0 bridgehead atoms. The number of hydrogen-bond acceptors (Lipinski definition) is 6. The van der Waals surface area contributed by atoms with Crippen molar-refractivity contribution in [1.82, 2.24) is 4.90 Å². The predicted octanol–water partition coefficient (Wildman–Crippen LogP) is 3.68. The van der Waals surface area contributed by atoms with E-state index in [9.17, 15) is 22.8 Å². The van der Waals surface area contributed by atoms with E-state index in [0.717, 1.165) is 10.5 Å². The summed E-state index contributed by atoms with van der Waals surface area (Å²) in [6, 6.07) is 16.1. The van der Waals surface area contributed by atoms with Gasteiger partial charge in [0.25, 0.3) is 27.7 Å². The number of ether oxygens (including phenoxy) is 1. The average Bonchev–Trinajstić information content (AvgIpc) is 3.04. The smallest absolute Gasteiger partial charge is 0.270 e. The van der Waals surface area contributed by atoms with Crippen LogP contribution < -0.4 is 9.04 Å². The van der Waals surface area contributed by atoms with Crippen molar-refractivity contribution in [1.29, 1.82) is 0 Å². The molecular weight excluding hydrogens is 480 g/mol. The third kappa shape index (κ3) is 4.04. The lowest BCUT2D eigenvalue weighted by Crippen LogP contribution is -2.45. The fourth-order valence-electron chi connectivity index (χ4n) is 3.60. The van der Waals surface area contributed by atoms with Gasteiger partial charge < -0.3 is 4.74 Å². The van der Waals surface area contributed by atoms with E-state index in [4.69, 9.17) is 16.3 Å². The van der Waals surface area contributed by atoms with Gasteiger partial charge in [-0.15, -0.1) is 0 Å². The third-order valence-corrected chi connectivity index (χ3v) is 7.39. The zero-order valence-electron chi connectivity index (χ0n) is 18.2. The van der Waals surface area contributed by atoms with Crippen molar-refractivity contribution in [2.45, 2.75) is 11.8 Å². The van der Waals surface area contributed by atoms with Crippen molar-refractivity contribution >= 4 is 45.0 Å². The Hall–Kier alpha value is -3.69. The summed E-state index contributed by atoms with van der Waals surface area (Å²) >= 11 is 6.20. The number of amides is 3. The second-order valence-electron chi connectivity index (χ2n) is 7.54. The van der Waals surface area contributed by atoms with Gasteiger partial charge in [0.2, 0.25) is 0 Å². The Bertz CT molecular complexity index is 1380. The highest BCUT2D eigenvalue weighted by molar-refractivity contribution is 7.93. The van der Waals surface area contributed by atoms with E-state index in [0.29, 0.717) is 4.31 Å². The van der Waals surface area contributed by atoms with Gasteiger partial charge in [0.15, 0.2) is 0 Å². The molecule has 0 saturated carbocycles. The van der Waals surface area contributed by atoms with Crippen molar-refractivity contribution in [3.05, 3.63) is 88.4 Å². The molecule has 10 heteroatoms. The highest BCUT2D eigenvalue weighted by Crippen LogP contribution is 2.33. The first-order chi connectivity index (χ1) is 16.1. The number of aryl methyl sites for hydroxylation is 1. The number of rotatable bonds is 6. The van der Waals surface area contributed by atoms with Crippen LogP contribution in [0.3, 0.4) is 0 Å². The SMILES string of the molecule is COc1ccc(N(C(=O)CN2C(=O)c3ccccc3C2=O)S(=O)(=O)c2ccc(C)cc2)cc1Cl. The van der Waals surface area contributed by atoms with E-state index >= 15 is 0 Å². The summed E-state index contributed by atoms with van der Waals surface area (Å²) in [5.74, 6) is -2.06. The summed E-state index contributed by atoms with van der Waals surface area (Å²) < 4.78 is 32.8. The van der Waals surface area contributed by atoms with E-state index < -0.39 is 34.3 Å². The van der Waals surface area contributed by atoms with Crippen molar-refractivity contribution in [3.8, 4) is 5.75 Å². The Labute approximate surface area is 201 Å². The monoisotopic (exact) mass is 498 g/mol. The summed E-state index contributed by atoms with van der Waals surface area (Å²) in [6.45, 7) is 1.02. The van der Waals surface area contributed by atoms with Gasteiger partial charge in [0, 0.05) is 0 Å². The van der Waals surface area contributed by atoms with Gasteiger partial charge in [-0.3, -0.25) is 19.3 Å². The Morgan fingerprint density at radius 2 is 1.56 bits per heavy atom. The molecule has 3 amide bonds. The molecular formula is C24H19ClN2O6S. The topological polar surface area (TPSA) is 101 Å². The van der Waals surface area contributed by atoms with Crippen molar-refractivity contribution in [3.63, 3.8) is 0 Å². The van der Waals surface area contributed by atoms with Gasteiger partial charge in [0.05, 0.1) is 33.8 Å². The number of anilines is 1. The largest absolute Gasteiger partial charge is 0.495 e. The molecule has 174 valence electrons. The maximum atomic E-state index is 13.5. The van der Waals surface area contributed by atoms with Gasteiger partial charge in [-0.1, -0.05) is 41.4 Å². The molecule has 0 spiro atoms. The first-order valence-electron chi connectivity index (χ1n) is 10.1. The molecule has 3 aromatic carbocycles. The van der Waals surface area contributed by atoms with Crippen LogP contribution in [0.15, 0.2) is 71.6 Å². The molecule has 0 N–H and O–H groups in total. The van der Waals surface area contributed by atoms with E-state index in [-0.39, 0.29) is 32.5 Å². The number of benzene rings is 3. The standard InChI is InChI=1S/C24H19ClN2O6S/c1-15-7-10-17(11-8-15)34(31,32)27(16-9-12-21(33-2)20(25)13-16)22(28)14-26-23(29)18-5-3-4-6-19(18)24(26)30/h3-13H,14H2,1-2H3. The summed E-state index contributed by atoms with van der Waals surface area (Å²) in [7, 11) is -3.02. The molecule has 1 aliphatic rings. The Kier molecular flexibility index (Phi) is 6.16. The minimum atomic E-state index is -4.42. The lowest BCUT2D eigenvalue weighted by atomic mass is 10.1. The Balaban J connectivity index is 1.76. The molecule has 0 aromatic heterocycles. The third-order valence-electron chi connectivity index (χ3n) is 5.33. The van der Waals surface area contributed by atoms with Crippen molar-refractivity contribution in [2.75, 3.05) is 18.0 Å². The van der Waals surface area contributed by atoms with Crippen LogP contribution in [0.5, 0.6) is 5.75 Å². The number of halogens is 1. The lowest BCUT2D eigenvalue weighted by molar-refractivity contribution is -0.117. The van der Waals surface area contributed by atoms with Gasteiger partial charge in [-0.05, 0) is 49.4 Å². The molecule has 0 fully saturated rings. The maximum absolute atomic E-state index is 13.5. The highest BCUT2D eigenvalue weighted by atomic mass is 35.5. The molecule has 0 saturated heterocycles. The quantitative estimate of drug-likeness (QED) is 0.480. The van der Waals surface area contributed by atoms with Gasteiger partial charge in [-0.25, -0.2) is 12.7 Å². The molecule has 0 aliphatic carbocycles. The van der Waals surface area contributed by atoms with Crippen LogP contribution in [0.4, 0.5) is 5.69 Å². The van der Waals surface area contributed by atoms with Crippen LogP contribution >= 0.6 is 11.6 Å². The predicted molar refractivity (Wildman–Crippen MR) is 126 cm³/mol. The van der Waals surface area contributed by atoms with Crippen molar-refractivity contribution < 1.29 is 27.5 Å². The Morgan fingerprint density at radius 1 is 0.971 bits per heavy atom. The van der Waals surface area contributed by atoms with Gasteiger partial charge in [-0.2, -0.15) is 0 Å². The minimum absolute atomic E-state index is 0.0621. The van der Waals surface area contributed by atoms with E-state index in [1.165, 1.54) is 49.6 Å². The number of carbonyl (C=O) groups is 3. The summed E-state index contributed by atoms with van der Waals surface area (Å²) in [6.07, 6.45) is 0. The van der Waals surface area contributed by atoms with E-state index in [2.05, 4.69) is 0 Å². The first kappa shape index (κ1) is 23.5. The van der Waals surface area contributed by atoms with Crippen LogP contribution in [-0.2, 0) is 14.8 Å². The summed E-state index contributed by atoms with van der Waals surface area (Å²) in [4.78, 5) is 39.5. The van der Waals surface area contributed by atoms with E-state index in [1.807, 2.05) is 0 Å². The first-order valence-corrected chi connectivity index (χ1v) is 11.9. The molecule has 3 aromatic rings. The summed E-state index contributed by atoms with van der Waals surface area (Å²) in [5, 5.41) is 0.0811. The van der Waals surface area contributed by atoms with Crippen molar-refractivity contribution in [2.24, 2.45) is 0 Å². The normalized spacial score (nSPS) is 13.1. The average molecular weight is 499 g/mol. The molecule has 8 nitrogen and oxygen atoms in total.